The van der Waals surface area contributed by atoms with Crippen LogP contribution in [0.15, 0.2) is 24.3 Å². The van der Waals surface area contributed by atoms with Crippen LogP contribution < -0.4 is 0 Å². The maximum atomic E-state index is 9.60. The van der Waals surface area contributed by atoms with Gasteiger partial charge in [0.25, 0.3) is 0 Å². The third-order valence-electron chi connectivity index (χ3n) is 0.730. The summed E-state index contributed by atoms with van der Waals surface area (Å²) in [4.78, 5) is 19.2. The largest absolute Gasteiger partial charge is 0.478 e. The molecule has 79 valence electrons. The monoisotopic (exact) mass is 235 g/mol. The van der Waals surface area contributed by atoms with E-state index >= 15 is 0 Å². The summed E-state index contributed by atoms with van der Waals surface area (Å²) < 4.78 is 0. The Labute approximate surface area is 87.4 Å². The van der Waals surface area contributed by atoms with Gasteiger partial charge in [-0.05, 0) is 13.8 Å². The summed E-state index contributed by atoms with van der Waals surface area (Å²) in [6.07, 6.45) is 0. The van der Waals surface area contributed by atoms with Crippen LogP contribution in [-0.2, 0) is 26.7 Å². The molecule has 5 heteroatoms. The average Bonchev–Trinajstić information content (AvgIpc) is 1.88. The van der Waals surface area contributed by atoms with Crippen LogP contribution in [0.3, 0.4) is 0 Å². The van der Waals surface area contributed by atoms with Gasteiger partial charge in [-0.1, -0.05) is 13.2 Å². The van der Waals surface area contributed by atoms with Gasteiger partial charge in [-0.15, -0.1) is 0 Å². The molecule has 0 rings (SSSR count). The fourth-order valence-electron chi connectivity index (χ4n) is 0. The van der Waals surface area contributed by atoms with E-state index < -0.39 is 11.9 Å². The van der Waals surface area contributed by atoms with Crippen molar-refractivity contribution in [2.75, 3.05) is 0 Å². The second-order valence-electron chi connectivity index (χ2n) is 2.17. The van der Waals surface area contributed by atoms with Crippen molar-refractivity contribution in [2.24, 2.45) is 0 Å². The number of rotatable bonds is 2. The molecule has 1 radical (unpaired) electrons. The van der Waals surface area contributed by atoms with Gasteiger partial charge in [0.1, 0.15) is 0 Å². The van der Waals surface area contributed by atoms with Crippen LogP contribution in [0.2, 0.25) is 0 Å². The van der Waals surface area contributed by atoms with E-state index in [0.29, 0.717) is 0 Å². The fourth-order valence-corrected chi connectivity index (χ4v) is 0. The van der Waals surface area contributed by atoms with Crippen LogP contribution in [0.25, 0.3) is 0 Å². The molecule has 0 heterocycles. The van der Waals surface area contributed by atoms with E-state index in [2.05, 4.69) is 13.2 Å². The van der Waals surface area contributed by atoms with Crippen molar-refractivity contribution in [2.45, 2.75) is 13.8 Å². The molecule has 4 nitrogen and oxygen atoms in total. The first-order valence-corrected chi connectivity index (χ1v) is 3.06. The SMILES string of the molecule is C=C(C)C(=O)O.C=C(C)C(=O)O.[Cu]. The van der Waals surface area contributed by atoms with Crippen molar-refractivity contribution >= 4 is 11.9 Å². The second kappa shape index (κ2) is 9.03. The molecule has 2 N–H and O–H groups in total. The van der Waals surface area contributed by atoms with E-state index in [-0.39, 0.29) is 28.2 Å². The number of carboxylic acid groups (broad SMARTS) is 2. The number of aliphatic carboxylic acids is 2. The minimum absolute atomic E-state index is 0. The fraction of sp³-hybridized carbons (Fsp3) is 0.250. The molecule has 0 aromatic heterocycles. The Hall–Kier alpha value is -1.06. The standard InChI is InChI=1S/2C4H6O2.Cu/c2*1-3(2)4(5)6;/h2*1H2,2H3,(H,5,6);. The minimum Gasteiger partial charge on any atom is -0.478 e. The zero-order valence-electron chi connectivity index (χ0n) is 7.43. The van der Waals surface area contributed by atoms with Crippen LogP contribution in [-0.4, -0.2) is 22.2 Å². The maximum Gasteiger partial charge on any atom is 0.330 e. The molecule has 0 aliphatic rings. The van der Waals surface area contributed by atoms with Crippen LogP contribution in [0.1, 0.15) is 13.8 Å². The molecule has 0 saturated heterocycles. The normalized spacial score (nSPS) is 6.92. The van der Waals surface area contributed by atoms with Gasteiger partial charge in [0.05, 0.1) is 0 Å². The molecule has 0 atom stereocenters. The van der Waals surface area contributed by atoms with Gasteiger partial charge >= 0.3 is 11.9 Å². The zero-order valence-corrected chi connectivity index (χ0v) is 8.37. The number of carbonyl (C=O) groups is 2. The molecule has 0 unspecified atom stereocenters. The number of carboxylic acids is 2. The van der Waals surface area contributed by atoms with Crippen molar-refractivity contribution < 1.29 is 36.9 Å². The quantitative estimate of drug-likeness (QED) is 0.559. The van der Waals surface area contributed by atoms with Crippen LogP contribution in [0, 0.1) is 0 Å². The molecule has 0 bridgehead atoms. The van der Waals surface area contributed by atoms with E-state index in [1.165, 1.54) is 13.8 Å². The van der Waals surface area contributed by atoms with E-state index in [4.69, 9.17) is 10.2 Å². The maximum absolute atomic E-state index is 9.60. The Balaban J connectivity index is -0.000000143. The first kappa shape index (κ1) is 17.9. The van der Waals surface area contributed by atoms with Crippen LogP contribution in [0.4, 0.5) is 0 Å². The number of hydrogen-bond donors (Lipinski definition) is 2. The minimum atomic E-state index is -0.935. The third-order valence-corrected chi connectivity index (χ3v) is 0.730. The van der Waals surface area contributed by atoms with Gasteiger partial charge < -0.3 is 10.2 Å². The van der Waals surface area contributed by atoms with Crippen LogP contribution >= 0.6 is 0 Å². The van der Waals surface area contributed by atoms with Crippen LogP contribution in [0.5, 0.6) is 0 Å². The Morgan fingerprint density at radius 3 is 1.00 bits per heavy atom. The van der Waals surface area contributed by atoms with Gasteiger partial charge in [-0.2, -0.15) is 0 Å². The predicted octanol–water partition coefficient (Wildman–Crippen LogP) is 1.29. The molecule has 0 spiro atoms. The molecule has 0 aliphatic heterocycles. The Kier molecular flexibility index (Phi) is 12.4. The molecule has 0 aromatic carbocycles. The van der Waals surface area contributed by atoms with Gasteiger partial charge in [-0.25, -0.2) is 9.59 Å². The molecule has 0 aromatic rings. The van der Waals surface area contributed by atoms with Crippen molar-refractivity contribution in [1.29, 1.82) is 0 Å². The second-order valence-corrected chi connectivity index (χ2v) is 2.17. The van der Waals surface area contributed by atoms with Gasteiger partial charge in [-0.3, -0.25) is 0 Å². The molecule has 0 aliphatic carbocycles. The smallest absolute Gasteiger partial charge is 0.330 e. The van der Waals surface area contributed by atoms with Crippen molar-refractivity contribution in [3.63, 3.8) is 0 Å². The van der Waals surface area contributed by atoms with Crippen molar-refractivity contribution in [3.05, 3.63) is 24.3 Å². The average molecular weight is 236 g/mol. The topological polar surface area (TPSA) is 74.6 Å². The summed E-state index contributed by atoms with van der Waals surface area (Å²) in [7, 11) is 0. The van der Waals surface area contributed by atoms with E-state index in [1.54, 1.807) is 0 Å². The summed E-state index contributed by atoms with van der Waals surface area (Å²) in [6, 6.07) is 0. The Morgan fingerprint density at radius 2 is 1.00 bits per heavy atom. The molecule has 0 fully saturated rings. The Bertz CT molecular complexity index is 172. The van der Waals surface area contributed by atoms with Gasteiger partial charge in [0.15, 0.2) is 0 Å². The summed E-state index contributed by atoms with van der Waals surface area (Å²) in [5, 5.41) is 15.8. The van der Waals surface area contributed by atoms with Gasteiger partial charge in [0, 0.05) is 28.2 Å². The summed E-state index contributed by atoms with van der Waals surface area (Å²) >= 11 is 0. The van der Waals surface area contributed by atoms with Crippen molar-refractivity contribution in [3.8, 4) is 0 Å². The molecular formula is C8H12CuO4. The molecule has 13 heavy (non-hydrogen) atoms. The predicted molar refractivity (Wildman–Crippen MR) is 44.9 cm³/mol. The van der Waals surface area contributed by atoms with E-state index in [1.807, 2.05) is 0 Å². The molecular weight excluding hydrogens is 224 g/mol. The first-order chi connectivity index (χ1) is 5.29. The zero-order chi connectivity index (χ0) is 10.3. The summed E-state index contributed by atoms with van der Waals surface area (Å²) in [6.45, 7) is 9.20. The van der Waals surface area contributed by atoms with Gasteiger partial charge in [0.2, 0.25) is 0 Å². The number of hydrogen-bond acceptors (Lipinski definition) is 2. The third kappa shape index (κ3) is 18.2. The molecule has 0 amide bonds. The summed E-state index contributed by atoms with van der Waals surface area (Å²) in [5.74, 6) is -1.87. The molecule has 0 saturated carbocycles. The van der Waals surface area contributed by atoms with Crippen molar-refractivity contribution in [1.82, 2.24) is 0 Å². The van der Waals surface area contributed by atoms with E-state index in [0.717, 1.165) is 0 Å². The summed E-state index contributed by atoms with van der Waals surface area (Å²) in [5.41, 5.74) is 0.352. The Morgan fingerprint density at radius 1 is 0.923 bits per heavy atom. The van der Waals surface area contributed by atoms with E-state index in [9.17, 15) is 9.59 Å². The first-order valence-electron chi connectivity index (χ1n) is 3.06.